The second-order valence-electron chi connectivity index (χ2n) is 4.46. The van der Waals surface area contributed by atoms with E-state index in [1.165, 1.54) is 0 Å². The van der Waals surface area contributed by atoms with Gasteiger partial charge in [-0.15, -0.1) is 0 Å². The highest BCUT2D eigenvalue weighted by Crippen LogP contribution is 2.02. The Morgan fingerprint density at radius 2 is 1.75 bits per heavy atom. The Kier molecular flexibility index (Phi) is 6.22. The third-order valence-corrected chi connectivity index (χ3v) is 2.62. The molecule has 0 radical (unpaired) electrons. The zero-order valence-corrected chi connectivity index (χ0v) is 11.3. The highest BCUT2D eigenvalue weighted by Gasteiger charge is 2.08. The third-order valence-electron chi connectivity index (χ3n) is 2.62. The minimum absolute atomic E-state index is 0.0181. The van der Waals surface area contributed by atoms with Crippen LogP contribution in [-0.2, 0) is 16.1 Å². The molecular formula is C14H18N2O4. The number of hydrogen-bond donors (Lipinski definition) is 3. The number of carboxylic acid groups (broad SMARTS) is 1. The standard InChI is InChI=1S/C14H18N2O4/c1-10-5-7-11(8-6-10)9-15-14(20)16-12(17)3-2-4-13(18)19/h5-8H,2-4,9H2,1H3,(H,18,19)(H2,15,16,17,20). The molecule has 3 amide bonds. The lowest BCUT2D eigenvalue weighted by Crippen LogP contribution is -2.39. The average Bonchev–Trinajstić information content (AvgIpc) is 2.37. The van der Waals surface area contributed by atoms with Gasteiger partial charge in [0.25, 0.3) is 0 Å². The number of imide groups is 1. The Morgan fingerprint density at radius 3 is 2.35 bits per heavy atom. The summed E-state index contributed by atoms with van der Waals surface area (Å²) in [4.78, 5) is 33.0. The van der Waals surface area contributed by atoms with E-state index in [4.69, 9.17) is 5.11 Å². The number of aryl methyl sites for hydroxylation is 1. The maximum Gasteiger partial charge on any atom is 0.321 e. The van der Waals surface area contributed by atoms with E-state index < -0.39 is 17.9 Å². The van der Waals surface area contributed by atoms with Crippen molar-refractivity contribution in [3.63, 3.8) is 0 Å². The van der Waals surface area contributed by atoms with Crippen molar-refractivity contribution in [2.24, 2.45) is 0 Å². The van der Waals surface area contributed by atoms with Gasteiger partial charge in [-0.3, -0.25) is 14.9 Å². The van der Waals surface area contributed by atoms with E-state index in [0.717, 1.165) is 11.1 Å². The Balaban J connectivity index is 2.24. The number of aliphatic carboxylic acids is 1. The Labute approximate surface area is 117 Å². The van der Waals surface area contributed by atoms with E-state index in [2.05, 4.69) is 10.6 Å². The molecule has 0 saturated heterocycles. The van der Waals surface area contributed by atoms with E-state index >= 15 is 0 Å². The first-order valence-corrected chi connectivity index (χ1v) is 6.32. The van der Waals surface area contributed by atoms with Gasteiger partial charge in [-0.05, 0) is 18.9 Å². The highest BCUT2D eigenvalue weighted by atomic mass is 16.4. The predicted octanol–water partition coefficient (Wildman–Crippen LogP) is 1.58. The Morgan fingerprint density at radius 1 is 1.10 bits per heavy atom. The first-order chi connectivity index (χ1) is 9.47. The molecule has 6 heteroatoms. The van der Waals surface area contributed by atoms with Gasteiger partial charge in [0.15, 0.2) is 0 Å². The molecule has 0 aliphatic carbocycles. The molecule has 0 aliphatic heterocycles. The largest absolute Gasteiger partial charge is 0.481 e. The van der Waals surface area contributed by atoms with Crippen LogP contribution in [-0.4, -0.2) is 23.0 Å². The quantitative estimate of drug-likeness (QED) is 0.736. The normalized spacial score (nSPS) is 9.85. The summed E-state index contributed by atoms with van der Waals surface area (Å²) in [7, 11) is 0. The van der Waals surface area contributed by atoms with E-state index in [-0.39, 0.29) is 19.3 Å². The summed E-state index contributed by atoms with van der Waals surface area (Å²) in [6.45, 7) is 2.30. The van der Waals surface area contributed by atoms with Crippen LogP contribution in [0.25, 0.3) is 0 Å². The van der Waals surface area contributed by atoms with Crippen LogP contribution in [0.15, 0.2) is 24.3 Å². The van der Waals surface area contributed by atoms with Crippen LogP contribution < -0.4 is 10.6 Å². The highest BCUT2D eigenvalue weighted by molar-refractivity contribution is 5.94. The average molecular weight is 278 g/mol. The summed E-state index contributed by atoms with van der Waals surface area (Å²) in [5, 5.41) is 13.1. The van der Waals surface area contributed by atoms with Crippen LogP contribution in [0.5, 0.6) is 0 Å². The molecule has 1 rings (SSSR count). The van der Waals surface area contributed by atoms with Gasteiger partial charge in [0.2, 0.25) is 5.91 Å². The van der Waals surface area contributed by atoms with Gasteiger partial charge < -0.3 is 10.4 Å². The minimum atomic E-state index is -0.957. The number of carboxylic acids is 1. The fourth-order valence-electron chi connectivity index (χ4n) is 1.52. The van der Waals surface area contributed by atoms with Crippen molar-refractivity contribution < 1.29 is 19.5 Å². The summed E-state index contributed by atoms with van der Waals surface area (Å²) >= 11 is 0. The number of amides is 3. The summed E-state index contributed by atoms with van der Waals surface area (Å²) in [5.74, 6) is -1.44. The van der Waals surface area contributed by atoms with Crippen LogP contribution in [0, 0.1) is 6.92 Å². The predicted molar refractivity (Wildman–Crippen MR) is 73.0 cm³/mol. The zero-order chi connectivity index (χ0) is 15.0. The molecule has 3 N–H and O–H groups in total. The lowest BCUT2D eigenvalue weighted by Gasteiger charge is -2.06. The molecule has 6 nitrogen and oxygen atoms in total. The van der Waals surface area contributed by atoms with Crippen molar-refractivity contribution in [1.82, 2.24) is 10.6 Å². The number of urea groups is 1. The van der Waals surface area contributed by atoms with Crippen LogP contribution >= 0.6 is 0 Å². The van der Waals surface area contributed by atoms with Gasteiger partial charge in [0.1, 0.15) is 0 Å². The Bertz CT molecular complexity index is 482. The summed E-state index contributed by atoms with van der Waals surface area (Å²) in [6, 6.07) is 7.08. The van der Waals surface area contributed by atoms with Gasteiger partial charge in [0, 0.05) is 19.4 Å². The van der Waals surface area contributed by atoms with Crippen molar-refractivity contribution >= 4 is 17.9 Å². The monoisotopic (exact) mass is 278 g/mol. The molecule has 0 saturated carbocycles. The minimum Gasteiger partial charge on any atom is -0.481 e. The van der Waals surface area contributed by atoms with E-state index in [1.54, 1.807) is 0 Å². The van der Waals surface area contributed by atoms with Crippen molar-refractivity contribution in [3.05, 3.63) is 35.4 Å². The number of rotatable bonds is 6. The van der Waals surface area contributed by atoms with Crippen LogP contribution in [0.1, 0.15) is 30.4 Å². The van der Waals surface area contributed by atoms with Gasteiger partial charge in [0.05, 0.1) is 0 Å². The molecule has 0 spiro atoms. The number of hydrogen-bond acceptors (Lipinski definition) is 3. The summed E-state index contributed by atoms with van der Waals surface area (Å²) in [5.41, 5.74) is 2.07. The molecule has 0 fully saturated rings. The summed E-state index contributed by atoms with van der Waals surface area (Å²) in [6.07, 6.45) is 0.148. The molecule has 0 unspecified atom stereocenters. The maximum atomic E-state index is 11.4. The van der Waals surface area contributed by atoms with Gasteiger partial charge >= 0.3 is 12.0 Å². The second kappa shape index (κ2) is 7.93. The number of nitrogens with one attached hydrogen (secondary N) is 2. The van der Waals surface area contributed by atoms with Gasteiger partial charge in [-0.1, -0.05) is 29.8 Å². The SMILES string of the molecule is Cc1ccc(CNC(=O)NC(=O)CCCC(=O)O)cc1. The first kappa shape index (κ1) is 15.7. The lowest BCUT2D eigenvalue weighted by molar-refractivity contribution is -0.137. The Hall–Kier alpha value is -2.37. The topological polar surface area (TPSA) is 95.5 Å². The maximum absolute atomic E-state index is 11.4. The van der Waals surface area contributed by atoms with Gasteiger partial charge in [-0.2, -0.15) is 0 Å². The smallest absolute Gasteiger partial charge is 0.321 e. The van der Waals surface area contributed by atoms with Gasteiger partial charge in [-0.25, -0.2) is 4.79 Å². The third kappa shape index (κ3) is 6.53. The number of benzene rings is 1. The molecule has 0 bridgehead atoms. The van der Waals surface area contributed by atoms with Crippen LogP contribution in [0.2, 0.25) is 0 Å². The van der Waals surface area contributed by atoms with E-state index in [0.29, 0.717) is 6.54 Å². The number of carbonyl (C=O) groups is 3. The van der Waals surface area contributed by atoms with Crippen molar-refractivity contribution in [1.29, 1.82) is 0 Å². The van der Waals surface area contributed by atoms with E-state index in [9.17, 15) is 14.4 Å². The first-order valence-electron chi connectivity index (χ1n) is 6.32. The van der Waals surface area contributed by atoms with Crippen molar-refractivity contribution in [2.75, 3.05) is 0 Å². The van der Waals surface area contributed by atoms with E-state index in [1.807, 2.05) is 31.2 Å². The molecule has 20 heavy (non-hydrogen) atoms. The lowest BCUT2D eigenvalue weighted by atomic mass is 10.1. The summed E-state index contributed by atoms with van der Waals surface area (Å²) < 4.78 is 0. The molecule has 108 valence electrons. The molecule has 0 atom stereocenters. The van der Waals surface area contributed by atoms with Crippen LogP contribution in [0.3, 0.4) is 0 Å². The van der Waals surface area contributed by atoms with Crippen molar-refractivity contribution in [3.8, 4) is 0 Å². The zero-order valence-electron chi connectivity index (χ0n) is 11.3. The van der Waals surface area contributed by atoms with Crippen LogP contribution in [0.4, 0.5) is 4.79 Å². The fraction of sp³-hybridized carbons (Fsp3) is 0.357. The molecule has 0 heterocycles. The second-order valence-corrected chi connectivity index (χ2v) is 4.46. The van der Waals surface area contributed by atoms with Crippen molar-refractivity contribution in [2.45, 2.75) is 32.7 Å². The molecule has 1 aromatic rings. The molecule has 1 aromatic carbocycles. The fourth-order valence-corrected chi connectivity index (χ4v) is 1.52. The number of carbonyl (C=O) groups excluding carboxylic acids is 2. The molecule has 0 aromatic heterocycles. The molecule has 0 aliphatic rings. The molecular weight excluding hydrogens is 260 g/mol.